The molecule has 5 aliphatic rings. The van der Waals surface area contributed by atoms with Gasteiger partial charge in [-0.3, -0.25) is 4.79 Å². The van der Waals surface area contributed by atoms with Crippen LogP contribution < -0.4 is 0 Å². The number of rotatable bonds is 5. The van der Waals surface area contributed by atoms with Gasteiger partial charge >= 0.3 is 5.97 Å². The molecule has 4 heteroatoms. The highest BCUT2D eigenvalue weighted by Gasteiger charge is 2.68. The van der Waals surface area contributed by atoms with E-state index in [-0.39, 0.29) is 34.9 Å². The van der Waals surface area contributed by atoms with Crippen LogP contribution in [0.25, 0.3) is 0 Å². The minimum Gasteiger partial charge on any atom is -0.462 e. The van der Waals surface area contributed by atoms with Crippen molar-refractivity contribution in [2.24, 2.45) is 63.6 Å². The van der Waals surface area contributed by atoms with Crippen LogP contribution in [0.15, 0.2) is 11.6 Å². The summed E-state index contributed by atoms with van der Waals surface area (Å²) >= 11 is 0. The monoisotopic (exact) mass is 500 g/mol. The summed E-state index contributed by atoms with van der Waals surface area (Å²) in [5.74, 6) is 3.93. The summed E-state index contributed by atoms with van der Waals surface area (Å²) in [5.41, 5.74) is 1.52. The Kier molecular flexibility index (Phi) is 6.56. The Labute approximate surface area is 219 Å². The van der Waals surface area contributed by atoms with Crippen LogP contribution in [0.2, 0.25) is 0 Å². The van der Waals surface area contributed by atoms with E-state index in [1.54, 1.807) is 6.92 Å². The van der Waals surface area contributed by atoms with Crippen molar-refractivity contribution in [2.45, 2.75) is 119 Å². The SMILES string of the molecule is CC(=O)O[C@@H]1CC2[C@@H](C(O)C=C3C[C@@H](O)CC[C@@]32C)C2CCC(C(C)[C@H]3C[C@]3(C)C(C)C(C)C)[C@]21C. The van der Waals surface area contributed by atoms with Crippen LogP contribution in [-0.2, 0) is 9.53 Å². The molecule has 0 aromatic heterocycles. The van der Waals surface area contributed by atoms with Gasteiger partial charge in [0.05, 0.1) is 12.2 Å². The summed E-state index contributed by atoms with van der Waals surface area (Å²) in [7, 11) is 0. The molecule has 4 nitrogen and oxygen atoms in total. The Bertz CT molecular complexity index is 910. The summed E-state index contributed by atoms with van der Waals surface area (Å²) in [6, 6.07) is 0. The van der Waals surface area contributed by atoms with Gasteiger partial charge in [0.15, 0.2) is 0 Å². The van der Waals surface area contributed by atoms with Crippen LogP contribution >= 0.6 is 0 Å². The highest BCUT2D eigenvalue weighted by Crippen LogP contribution is 2.71. The van der Waals surface area contributed by atoms with Crippen molar-refractivity contribution in [1.29, 1.82) is 0 Å². The van der Waals surface area contributed by atoms with Crippen molar-refractivity contribution >= 4 is 5.97 Å². The lowest BCUT2D eigenvalue weighted by molar-refractivity contribution is -0.188. The summed E-state index contributed by atoms with van der Waals surface area (Å²) in [4.78, 5) is 12.4. The Morgan fingerprint density at radius 3 is 2.36 bits per heavy atom. The molecule has 0 amide bonds. The van der Waals surface area contributed by atoms with E-state index >= 15 is 0 Å². The first-order chi connectivity index (χ1) is 16.7. The standard InChI is InChI=1S/C32H52O4/c1-17(2)19(4)31(7)16-26(31)18(3)23-9-10-24-29-25(15-28(32(23,24)8)36-20(5)33)30(6)12-11-22(34)13-21(30)14-27(29)35/h14,17-19,22-29,34-35H,9-13,15-16H2,1-8H3/t18?,19?,22-,23?,24?,25?,26+,27?,28+,29-,30-,31+,32+/m0/s1. The Hall–Kier alpha value is -0.870. The second-order valence-corrected chi connectivity index (χ2v) is 14.9. The Balaban J connectivity index is 1.49. The van der Waals surface area contributed by atoms with Gasteiger partial charge in [-0.1, -0.05) is 60.1 Å². The molecule has 6 unspecified atom stereocenters. The van der Waals surface area contributed by atoms with Crippen molar-refractivity contribution in [3.05, 3.63) is 11.6 Å². The Morgan fingerprint density at radius 2 is 1.72 bits per heavy atom. The van der Waals surface area contributed by atoms with Gasteiger partial charge in [-0.15, -0.1) is 0 Å². The quantitative estimate of drug-likeness (QED) is 0.339. The zero-order chi connectivity index (χ0) is 26.4. The number of hydrogen-bond acceptors (Lipinski definition) is 4. The van der Waals surface area contributed by atoms with Gasteiger partial charge in [0.2, 0.25) is 0 Å². The van der Waals surface area contributed by atoms with Gasteiger partial charge in [0.1, 0.15) is 6.10 Å². The molecular formula is C32H52O4. The third kappa shape index (κ3) is 3.78. The fourth-order valence-electron chi connectivity index (χ4n) is 10.6. The second kappa shape index (κ2) is 8.83. The van der Waals surface area contributed by atoms with Gasteiger partial charge in [0.25, 0.3) is 0 Å². The van der Waals surface area contributed by atoms with Crippen LogP contribution in [0.3, 0.4) is 0 Å². The average Bonchev–Trinajstić information content (AvgIpc) is 3.36. The molecule has 4 saturated carbocycles. The number of hydrogen-bond donors (Lipinski definition) is 2. The maximum Gasteiger partial charge on any atom is 0.302 e. The zero-order valence-corrected chi connectivity index (χ0v) is 24.1. The van der Waals surface area contributed by atoms with E-state index in [0.717, 1.165) is 31.6 Å². The molecule has 0 radical (unpaired) electrons. The van der Waals surface area contributed by atoms with Crippen LogP contribution in [0, 0.1) is 63.6 Å². The number of esters is 1. The van der Waals surface area contributed by atoms with E-state index in [9.17, 15) is 15.0 Å². The summed E-state index contributed by atoms with van der Waals surface area (Å²) < 4.78 is 6.27. The molecule has 2 N–H and O–H groups in total. The van der Waals surface area contributed by atoms with Crippen molar-refractivity contribution in [3.63, 3.8) is 0 Å². The van der Waals surface area contributed by atoms with E-state index in [1.165, 1.54) is 18.4 Å². The molecule has 0 aliphatic heterocycles. The van der Waals surface area contributed by atoms with Crippen LogP contribution in [0.1, 0.15) is 100 Å². The van der Waals surface area contributed by atoms with Gasteiger partial charge in [-0.2, -0.15) is 0 Å². The van der Waals surface area contributed by atoms with Gasteiger partial charge in [-0.25, -0.2) is 0 Å². The third-order valence-corrected chi connectivity index (χ3v) is 13.2. The minimum absolute atomic E-state index is 0.0195. The highest BCUT2D eigenvalue weighted by molar-refractivity contribution is 5.66. The first-order valence-electron chi connectivity index (χ1n) is 15.0. The predicted octanol–water partition coefficient (Wildman–Crippen LogP) is 6.39. The average molecular weight is 501 g/mol. The molecule has 36 heavy (non-hydrogen) atoms. The number of aliphatic hydroxyl groups is 2. The number of aliphatic hydroxyl groups excluding tert-OH is 2. The van der Waals surface area contributed by atoms with Crippen molar-refractivity contribution in [1.82, 2.24) is 0 Å². The van der Waals surface area contributed by atoms with E-state index in [1.807, 2.05) is 0 Å². The second-order valence-electron chi connectivity index (χ2n) is 14.9. The normalized spacial score (nSPS) is 51.5. The lowest BCUT2D eigenvalue weighted by atomic mass is 9.45. The van der Waals surface area contributed by atoms with Crippen LogP contribution in [0.4, 0.5) is 0 Å². The Morgan fingerprint density at radius 1 is 1.03 bits per heavy atom. The van der Waals surface area contributed by atoms with E-state index in [2.05, 4.69) is 54.5 Å². The molecule has 0 heterocycles. The molecule has 0 spiro atoms. The number of fused-ring (bicyclic) bond motifs is 5. The fourth-order valence-corrected chi connectivity index (χ4v) is 10.6. The van der Waals surface area contributed by atoms with E-state index in [4.69, 9.17) is 4.74 Å². The topological polar surface area (TPSA) is 66.8 Å². The summed E-state index contributed by atoms with van der Waals surface area (Å²) in [6.07, 6.45) is 8.14. The third-order valence-electron chi connectivity index (χ3n) is 13.2. The highest BCUT2D eigenvalue weighted by atomic mass is 16.5. The molecule has 0 saturated heterocycles. The van der Waals surface area contributed by atoms with Gasteiger partial charge < -0.3 is 14.9 Å². The number of carbonyl (C=O) groups is 1. The molecule has 5 aliphatic carbocycles. The first-order valence-corrected chi connectivity index (χ1v) is 15.0. The summed E-state index contributed by atoms with van der Waals surface area (Å²) in [6.45, 7) is 18.5. The van der Waals surface area contributed by atoms with E-state index < -0.39 is 6.10 Å². The van der Waals surface area contributed by atoms with Crippen LogP contribution in [0.5, 0.6) is 0 Å². The minimum atomic E-state index is -0.466. The fraction of sp³-hybridized carbons (Fsp3) is 0.906. The van der Waals surface area contributed by atoms with Gasteiger partial charge in [-0.05, 0) is 103 Å². The first kappa shape index (κ1) is 26.7. The number of carbonyl (C=O) groups excluding carboxylic acids is 1. The molecule has 0 aromatic rings. The molecule has 4 fully saturated rings. The lowest BCUT2D eigenvalue weighted by Gasteiger charge is -2.61. The summed E-state index contributed by atoms with van der Waals surface area (Å²) in [5, 5.41) is 22.0. The van der Waals surface area contributed by atoms with Crippen molar-refractivity contribution < 1.29 is 19.7 Å². The molecular weight excluding hydrogens is 448 g/mol. The largest absolute Gasteiger partial charge is 0.462 e. The molecule has 0 bridgehead atoms. The van der Waals surface area contributed by atoms with Crippen molar-refractivity contribution in [3.8, 4) is 0 Å². The molecule has 204 valence electrons. The molecule has 0 aromatic carbocycles. The smallest absolute Gasteiger partial charge is 0.302 e. The van der Waals surface area contributed by atoms with Gasteiger partial charge in [0, 0.05) is 12.3 Å². The van der Waals surface area contributed by atoms with E-state index in [0.29, 0.717) is 47.3 Å². The molecule has 13 atom stereocenters. The number of ether oxygens (including phenoxy) is 1. The maximum absolute atomic E-state index is 12.4. The van der Waals surface area contributed by atoms with Crippen LogP contribution in [-0.4, -0.2) is 34.5 Å². The van der Waals surface area contributed by atoms with Crippen molar-refractivity contribution in [2.75, 3.05) is 0 Å². The molecule has 5 rings (SSSR count). The zero-order valence-electron chi connectivity index (χ0n) is 24.1. The maximum atomic E-state index is 12.4. The predicted molar refractivity (Wildman–Crippen MR) is 143 cm³/mol. The lowest BCUT2D eigenvalue weighted by Crippen LogP contribution is -2.60.